The van der Waals surface area contributed by atoms with Gasteiger partial charge in [-0.15, -0.1) is 0 Å². The number of fused-ring (bicyclic) bond motifs is 2. The molecule has 0 radical (unpaired) electrons. The second-order valence-corrected chi connectivity index (χ2v) is 6.78. The van der Waals surface area contributed by atoms with Crippen LogP contribution in [0.4, 0.5) is 5.69 Å². The highest BCUT2D eigenvalue weighted by molar-refractivity contribution is 5.46. The summed E-state index contributed by atoms with van der Waals surface area (Å²) in [5.74, 6) is 1.32. The number of likely N-dealkylation sites (N-methyl/N-ethyl adjacent to an activating group) is 1. The van der Waals surface area contributed by atoms with Crippen molar-refractivity contribution in [2.75, 3.05) is 25.0 Å². The highest BCUT2D eigenvalue weighted by Crippen LogP contribution is 2.30. The van der Waals surface area contributed by atoms with Crippen LogP contribution >= 0.6 is 0 Å². The molecule has 0 aliphatic carbocycles. The topological polar surface area (TPSA) is 41.5 Å². The van der Waals surface area contributed by atoms with Gasteiger partial charge in [0.2, 0.25) is 5.88 Å². The summed E-state index contributed by atoms with van der Waals surface area (Å²) in [5.41, 5.74) is 1.19. The molecule has 2 aromatic heterocycles. The van der Waals surface area contributed by atoms with Gasteiger partial charge in [-0.2, -0.15) is 0 Å². The SMILES string of the molecule is CN1C2CCCC1CN(c1ccc(Oc3cccnc3)nc1)CC2. The van der Waals surface area contributed by atoms with Crippen LogP contribution in [-0.4, -0.2) is 47.1 Å². The molecule has 2 aliphatic heterocycles. The Morgan fingerprint density at radius 3 is 2.79 bits per heavy atom. The van der Waals surface area contributed by atoms with Crippen molar-refractivity contribution in [2.45, 2.75) is 37.8 Å². The van der Waals surface area contributed by atoms with Crippen LogP contribution in [0.1, 0.15) is 25.7 Å². The van der Waals surface area contributed by atoms with Crippen LogP contribution in [0.3, 0.4) is 0 Å². The fourth-order valence-corrected chi connectivity index (χ4v) is 3.90. The number of anilines is 1. The molecule has 0 amide bonds. The number of rotatable bonds is 3. The maximum Gasteiger partial charge on any atom is 0.219 e. The van der Waals surface area contributed by atoms with Crippen LogP contribution in [-0.2, 0) is 0 Å². The molecule has 2 atom stereocenters. The second kappa shape index (κ2) is 6.77. The smallest absolute Gasteiger partial charge is 0.219 e. The summed E-state index contributed by atoms with van der Waals surface area (Å²) in [4.78, 5) is 13.6. The molecule has 0 aromatic carbocycles. The Kier molecular flexibility index (Phi) is 4.34. The third-order valence-corrected chi connectivity index (χ3v) is 5.33. The summed E-state index contributed by atoms with van der Waals surface area (Å²) in [6, 6.07) is 9.22. The molecular weight excluding hydrogens is 300 g/mol. The van der Waals surface area contributed by atoms with Crippen molar-refractivity contribution >= 4 is 5.69 Å². The lowest BCUT2D eigenvalue weighted by molar-refractivity contribution is 0.127. The van der Waals surface area contributed by atoms with E-state index in [2.05, 4.69) is 32.9 Å². The summed E-state index contributed by atoms with van der Waals surface area (Å²) in [7, 11) is 2.29. The van der Waals surface area contributed by atoms with E-state index < -0.39 is 0 Å². The molecule has 4 heterocycles. The quantitative estimate of drug-likeness (QED) is 0.866. The molecule has 5 heteroatoms. The Bertz CT molecular complexity index is 661. The fraction of sp³-hybridized carbons (Fsp3) is 0.474. The number of ether oxygens (including phenoxy) is 1. The van der Waals surface area contributed by atoms with Crippen LogP contribution in [0.15, 0.2) is 42.9 Å². The van der Waals surface area contributed by atoms with Crippen molar-refractivity contribution in [3.63, 3.8) is 0 Å². The van der Waals surface area contributed by atoms with E-state index in [4.69, 9.17) is 4.74 Å². The van der Waals surface area contributed by atoms with Gasteiger partial charge in [0.1, 0.15) is 5.75 Å². The van der Waals surface area contributed by atoms with Crippen LogP contribution in [0.5, 0.6) is 11.6 Å². The number of hydrogen-bond acceptors (Lipinski definition) is 5. The summed E-state index contributed by atoms with van der Waals surface area (Å²) in [5, 5.41) is 0. The predicted octanol–water partition coefficient (Wildman–Crippen LogP) is 3.33. The molecule has 24 heavy (non-hydrogen) atoms. The third-order valence-electron chi connectivity index (χ3n) is 5.33. The molecule has 0 spiro atoms. The summed E-state index contributed by atoms with van der Waals surface area (Å²) < 4.78 is 5.73. The number of pyridine rings is 2. The monoisotopic (exact) mass is 324 g/mol. The van der Waals surface area contributed by atoms with Crippen LogP contribution in [0.25, 0.3) is 0 Å². The van der Waals surface area contributed by atoms with E-state index in [0.29, 0.717) is 17.7 Å². The first-order valence-electron chi connectivity index (χ1n) is 8.80. The molecule has 2 unspecified atom stereocenters. The van der Waals surface area contributed by atoms with Gasteiger partial charge in [-0.3, -0.25) is 9.88 Å². The van der Waals surface area contributed by atoms with Gasteiger partial charge >= 0.3 is 0 Å². The number of hydrogen-bond donors (Lipinski definition) is 0. The average Bonchev–Trinajstić information content (AvgIpc) is 2.71. The molecule has 126 valence electrons. The van der Waals surface area contributed by atoms with Gasteiger partial charge in [-0.05, 0) is 44.5 Å². The summed E-state index contributed by atoms with van der Waals surface area (Å²) >= 11 is 0. The first-order chi connectivity index (χ1) is 11.8. The minimum absolute atomic E-state index is 0.609. The third kappa shape index (κ3) is 3.22. The van der Waals surface area contributed by atoms with Crippen molar-refractivity contribution in [3.05, 3.63) is 42.9 Å². The molecule has 2 saturated heterocycles. The van der Waals surface area contributed by atoms with Crippen molar-refractivity contribution in [1.29, 1.82) is 0 Å². The van der Waals surface area contributed by atoms with Gasteiger partial charge in [0.15, 0.2) is 0 Å². The lowest BCUT2D eigenvalue weighted by atomic mass is 9.96. The first kappa shape index (κ1) is 15.4. The standard InChI is InChI=1S/C19H24N4O/c1-22-15-4-2-5-17(22)14-23(11-9-15)16-7-8-19(21-12-16)24-18-6-3-10-20-13-18/h3,6-8,10,12-13,15,17H,2,4-5,9,11,14H2,1H3. The second-order valence-electron chi connectivity index (χ2n) is 6.78. The van der Waals surface area contributed by atoms with E-state index in [0.717, 1.165) is 19.1 Å². The minimum atomic E-state index is 0.609. The van der Waals surface area contributed by atoms with Crippen LogP contribution < -0.4 is 9.64 Å². The molecule has 0 N–H and O–H groups in total. The van der Waals surface area contributed by atoms with Gasteiger partial charge in [-0.25, -0.2) is 4.98 Å². The fourth-order valence-electron chi connectivity index (χ4n) is 3.90. The molecule has 4 rings (SSSR count). The van der Waals surface area contributed by atoms with E-state index >= 15 is 0 Å². The average molecular weight is 324 g/mol. The zero-order chi connectivity index (χ0) is 16.4. The minimum Gasteiger partial charge on any atom is -0.437 e. The van der Waals surface area contributed by atoms with Crippen molar-refractivity contribution in [1.82, 2.24) is 14.9 Å². The first-order valence-corrected chi connectivity index (χ1v) is 8.80. The van der Waals surface area contributed by atoms with E-state index in [-0.39, 0.29) is 0 Å². The van der Waals surface area contributed by atoms with E-state index in [1.165, 1.54) is 31.4 Å². The Labute approximate surface area is 143 Å². The number of aromatic nitrogens is 2. The molecule has 5 nitrogen and oxygen atoms in total. The molecule has 2 bridgehead atoms. The van der Waals surface area contributed by atoms with Gasteiger partial charge in [-0.1, -0.05) is 6.42 Å². The van der Waals surface area contributed by atoms with Crippen LogP contribution in [0, 0.1) is 0 Å². The van der Waals surface area contributed by atoms with Gasteiger partial charge in [0.05, 0.1) is 18.1 Å². The predicted molar refractivity (Wildman–Crippen MR) is 94.6 cm³/mol. The molecular formula is C19H24N4O. The van der Waals surface area contributed by atoms with Gasteiger partial charge < -0.3 is 9.64 Å². The molecule has 2 aromatic rings. The van der Waals surface area contributed by atoms with Crippen molar-refractivity contribution in [2.24, 2.45) is 0 Å². The highest BCUT2D eigenvalue weighted by Gasteiger charge is 2.32. The van der Waals surface area contributed by atoms with E-state index in [9.17, 15) is 0 Å². The molecule has 0 saturated carbocycles. The Morgan fingerprint density at radius 2 is 2.00 bits per heavy atom. The van der Waals surface area contributed by atoms with Crippen LogP contribution in [0.2, 0.25) is 0 Å². The Morgan fingerprint density at radius 1 is 1.08 bits per heavy atom. The lowest BCUT2D eigenvalue weighted by Crippen LogP contribution is -2.45. The zero-order valence-corrected chi connectivity index (χ0v) is 14.1. The number of piperidine rings is 1. The van der Waals surface area contributed by atoms with Gasteiger partial charge in [0.25, 0.3) is 0 Å². The van der Waals surface area contributed by atoms with E-state index in [1.807, 2.05) is 24.4 Å². The lowest BCUT2D eigenvalue weighted by Gasteiger charge is -2.37. The largest absolute Gasteiger partial charge is 0.437 e. The Balaban J connectivity index is 1.46. The highest BCUT2D eigenvalue weighted by atomic mass is 16.5. The van der Waals surface area contributed by atoms with E-state index in [1.54, 1.807) is 12.4 Å². The van der Waals surface area contributed by atoms with Gasteiger partial charge in [0, 0.05) is 37.4 Å². The maximum atomic E-state index is 5.73. The molecule has 2 fully saturated rings. The summed E-state index contributed by atoms with van der Waals surface area (Å²) in [6.07, 6.45) is 10.6. The zero-order valence-electron chi connectivity index (χ0n) is 14.1. The normalized spacial score (nSPS) is 24.5. The molecule has 2 aliphatic rings. The summed E-state index contributed by atoms with van der Waals surface area (Å²) in [6.45, 7) is 2.20. The number of nitrogens with zero attached hydrogens (tertiary/aromatic N) is 4. The Hall–Kier alpha value is -2.14. The maximum absolute atomic E-state index is 5.73. The van der Waals surface area contributed by atoms with Crippen molar-refractivity contribution < 1.29 is 4.74 Å². The van der Waals surface area contributed by atoms with Crippen molar-refractivity contribution in [3.8, 4) is 11.6 Å².